The van der Waals surface area contributed by atoms with E-state index in [0.29, 0.717) is 5.82 Å². The number of aromatic nitrogens is 3. The van der Waals surface area contributed by atoms with Crippen LogP contribution < -0.4 is 10.2 Å². The summed E-state index contributed by atoms with van der Waals surface area (Å²) in [6.45, 7) is 4.95. The predicted octanol–water partition coefficient (Wildman–Crippen LogP) is 3.39. The maximum atomic E-state index is 12.6. The fourth-order valence-electron chi connectivity index (χ4n) is 4.18. The van der Waals surface area contributed by atoms with Crippen LogP contribution in [-0.2, 0) is 17.9 Å². The molecule has 0 unspecified atom stereocenters. The molecular weight excluding hydrogens is 400 g/mol. The minimum Gasteiger partial charge on any atom is -0.354 e. The molecule has 1 aliphatic heterocycles. The molecule has 3 heterocycles. The summed E-state index contributed by atoms with van der Waals surface area (Å²) in [5.41, 5.74) is 2.38. The van der Waals surface area contributed by atoms with Crippen molar-refractivity contribution in [2.75, 3.05) is 36.4 Å². The summed E-state index contributed by atoms with van der Waals surface area (Å²) in [6, 6.07) is 22.5. The number of para-hydroxylation sites is 1. The van der Waals surface area contributed by atoms with Crippen molar-refractivity contribution in [2.24, 2.45) is 0 Å². The van der Waals surface area contributed by atoms with Gasteiger partial charge >= 0.3 is 0 Å². The van der Waals surface area contributed by atoms with Crippen LogP contribution in [0, 0.1) is 0 Å². The summed E-state index contributed by atoms with van der Waals surface area (Å²) < 4.78 is 1.94. The second-order valence-electron chi connectivity index (χ2n) is 8.06. The smallest absolute Gasteiger partial charge is 0.245 e. The van der Waals surface area contributed by atoms with Crippen LogP contribution in [0.5, 0.6) is 0 Å². The van der Waals surface area contributed by atoms with Crippen LogP contribution in [0.1, 0.15) is 5.56 Å². The molecule has 2 aromatic carbocycles. The number of fused-ring (bicyclic) bond motifs is 1. The summed E-state index contributed by atoms with van der Waals surface area (Å²) in [7, 11) is 0. The van der Waals surface area contributed by atoms with Gasteiger partial charge in [0.2, 0.25) is 5.91 Å². The second kappa shape index (κ2) is 9.20. The highest BCUT2D eigenvalue weighted by Gasteiger charge is 2.19. The summed E-state index contributed by atoms with van der Waals surface area (Å²) in [6.07, 6.45) is 3.46. The van der Waals surface area contributed by atoms with Crippen LogP contribution in [0.15, 0.2) is 79.3 Å². The molecule has 0 aliphatic carbocycles. The number of nitrogens with one attached hydrogen (secondary N) is 1. The number of carbonyl (C=O) groups is 1. The Hall–Kier alpha value is -3.71. The van der Waals surface area contributed by atoms with E-state index in [4.69, 9.17) is 0 Å². The summed E-state index contributed by atoms with van der Waals surface area (Å²) in [5, 5.41) is 4.04. The Kier molecular flexibility index (Phi) is 5.81. The average Bonchev–Trinajstić information content (AvgIpc) is 3.23. The number of carbonyl (C=O) groups excluding carboxylic acids is 1. The summed E-state index contributed by atoms with van der Waals surface area (Å²) in [5.74, 6) is 1.27. The topological polar surface area (TPSA) is 66.3 Å². The van der Waals surface area contributed by atoms with Gasteiger partial charge in [-0.25, -0.2) is 9.97 Å². The van der Waals surface area contributed by atoms with E-state index in [1.165, 1.54) is 11.9 Å². The van der Waals surface area contributed by atoms with Gasteiger partial charge in [-0.1, -0.05) is 48.5 Å². The Morgan fingerprint density at radius 1 is 0.906 bits per heavy atom. The number of nitrogens with zero attached hydrogens (tertiary/aromatic N) is 5. The third-order valence-electron chi connectivity index (χ3n) is 5.86. The molecular formula is C25H26N6O. The molecule has 0 bridgehead atoms. The third-order valence-corrected chi connectivity index (χ3v) is 5.86. The second-order valence-corrected chi connectivity index (χ2v) is 8.06. The zero-order valence-corrected chi connectivity index (χ0v) is 17.9. The first-order valence-corrected chi connectivity index (χ1v) is 10.9. The Morgan fingerprint density at radius 3 is 2.53 bits per heavy atom. The van der Waals surface area contributed by atoms with Crippen LogP contribution in [0.3, 0.4) is 0 Å². The fourth-order valence-corrected chi connectivity index (χ4v) is 4.18. The van der Waals surface area contributed by atoms with Crippen LogP contribution in [-0.4, -0.2) is 51.5 Å². The minimum atomic E-state index is -0.108. The van der Waals surface area contributed by atoms with Gasteiger partial charge in [-0.3, -0.25) is 9.69 Å². The van der Waals surface area contributed by atoms with Crippen molar-refractivity contribution >= 4 is 28.4 Å². The lowest BCUT2D eigenvalue weighted by atomic mass is 10.2. The molecule has 1 fully saturated rings. The van der Waals surface area contributed by atoms with Crippen LogP contribution in [0.2, 0.25) is 0 Å². The van der Waals surface area contributed by atoms with E-state index >= 15 is 0 Å². The van der Waals surface area contributed by atoms with Crippen molar-refractivity contribution < 1.29 is 4.79 Å². The van der Waals surface area contributed by atoms with E-state index in [9.17, 15) is 4.79 Å². The molecule has 0 saturated carbocycles. The first-order chi connectivity index (χ1) is 15.7. The number of rotatable bonds is 6. The van der Waals surface area contributed by atoms with E-state index in [0.717, 1.165) is 49.4 Å². The number of hydrogen-bond acceptors (Lipinski definition) is 5. The highest BCUT2D eigenvalue weighted by molar-refractivity contribution is 5.91. The molecule has 7 heteroatoms. The molecule has 4 aromatic rings. The first-order valence-electron chi connectivity index (χ1n) is 10.9. The van der Waals surface area contributed by atoms with Gasteiger partial charge < -0.3 is 14.8 Å². The lowest BCUT2D eigenvalue weighted by Crippen LogP contribution is -2.46. The highest BCUT2D eigenvalue weighted by Crippen LogP contribution is 2.18. The molecule has 0 atom stereocenters. The van der Waals surface area contributed by atoms with Crippen LogP contribution >= 0.6 is 0 Å². The SMILES string of the molecule is O=C(Cn1ccc2ccccc21)Nc1cc(N2CCN(Cc3ccccc3)CC2)ncn1. The van der Waals surface area contributed by atoms with Crippen molar-refractivity contribution in [2.45, 2.75) is 13.1 Å². The molecule has 32 heavy (non-hydrogen) atoms. The van der Waals surface area contributed by atoms with Gasteiger partial charge in [-0.05, 0) is 23.1 Å². The Balaban J connectivity index is 1.18. The molecule has 1 N–H and O–H groups in total. The number of benzene rings is 2. The van der Waals surface area contributed by atoms with E-state index < -0.39 is 0 Å². The monoisotopic (exact) mass is 426 g/mol. The highest BCUT2D eigenvalue weighted by atomic mass is 16.2. The average molecular weight is 427 g/mol. The van der Waals surface area contributed by atoms with Gasteiger partial charge in [0.1, 0.15) is 24.5 Å². The Morgan fingerprint density at radius 2 is 1.69 bits per heavy atom. The number of anilines is 2. The van der Waals surface area contributed by atoms with E-state index in [1.807, 2.05) is 53.2 Å². The van der Waals surface area contributed by atoms with Crippen LogP contribution in [0.4, 0.5) is 11.6 Å². The standard InChI is InChI=1S/C25H26N6O/c32-25(18-31-11-10-21-8-4-5-9-22(21)31)28-23-16-24(27-19-26-23)30-14-12-29(13-15-30)17-20-6-2-1-3-7-20/h1-11,16,19H,12-15,17-18H2,(H,26,27,28,32). The van der Waals surface area contributed by atoms with Gasteiger partial charge in [0, 0.05) is 50.5 Å². The third kappa shape index (κ3) is 4.63. The van der Waals surface area contributed by atoms with E-state index in [2.05, 4.69) is 49.4 Å². The molecule has 1 aliphatic rings. The zero-order valence-electron chi connectivity index (χ0n) is 17.9. The lowest BCUT2D eigenvalue weighted by molar-refractivity contribution is -0.116. The quantitative estimate of drug-likeness (QED) is 0.512. The number of hydrogen-bond donors (Lipinski definition) is 1. The van der Waals surface area contributed by atoms with Crippen molar-refractivity contribution in [1.29, 1.82) is 0 Å². The molecule has 1 saturated heterocycles. The zero-order chi connectivity index (χ0) is 21.8. The van der Waals surface area contributed by atoms with E-state index in [1.54, 1.807) is 0 Å². The van der Waals surface area contributed by atoms with Gasteiger partial charge in [0.05, 0.1) is 0 Å². The van der Waals surface area contributed by atoms with Crippen molar-refractivity contribution in [1.82, 2.24) is 19.4 Å². The molecule has 2 aromatic heterocycles. The normalized spacial score (nSPS) is 14.6. The van der Waals surface area contributed by atoms with Crippen molar-refractivity contribution in [3.63, 3.8) is 0 Å². The molecule has 0 radical (unpaired) electrons. The Labute approximate surface area is 187 Å². The van der Waals surface area contributed by atoms with Gasteiger partial charge in [-0.2, -0.15) is 0 Å². The van der Waals surface area contributed by atoms with Gasteiger partial charge in [0.15, 0.2) is 0 Å². The number of piperazine rings is 1. The maximum Gasteiger partial charge on any atom is 0.245 e. The van der Waals surface area contributed by atoms with Gasteiger partial charge in [0.25, 0.3) is 0 Å². The fraction of sp³-hybridized carbons (Fsp3) is 0.240. The maximum absolute atomic E-state index is 12.6. The predicted molar refractivity (Wildman–Crippen MR) is 127 cm³/mol. The summed E-state index contributed by atoms with van der Waals surface area (Å²) >= 11 is 0. The minimum absolute atomic E-state index is 0.108. The lowest BCUT2D eigenvalue weighted by Gasteiger charge is -2.35. The van der Waals surface area contributed by atoms with Crippen molar-refractivity contribution in [3.05, 3.63) is 84.8 Å². The molecule has 162 valence electrons. The molecule has 7 nitrogen and oxygen atoms in total. The van der Waals surface area contributed by atoms with Gasteiger partial charge in [-0.15, -0.1) is 0 Å². The van der Waals surface area contributed by atoms with E-state index in [-0.39, 0.29) is 12.5 Å². The molecule has 1 amide bonds. The van der Waals surface area contributed by atoms with Crippen molar-refractivity contribution in [3.8, 4) is 0 Å². The largest absolute Gasteiger partial charge is 0.354 e. The number of amides is 1. The molecule has 5 rings (SSSR count). The first kappa shape index (κ1) is 20.2. The Bertz CT molecular complexity index is 1200. The summed E-state index contributed by atoms with van der Waals surface area (Å²) in [4.78, 5) is 26.0. The molecule has 0 spiro atoms. The van der Waals surface area contributed by atoms with Crippen LogP contribution in [0.25, 0.3) is 10.9 Å².